The van der Waals surface area contributed by atoms with Crippen molar-refractivity contribution >= 4 is 11.0 Å². The highest BCUT2D eigenvalue weighted by Gasteiger charge is 2.16. The third-order valence-corrected chi connectivity index (χ3v) is 2.79. The fourth-order valence-corrected chi connectivity index (χ4v) is 1.95. The highest BCUT2D eigenvalue weighted by atomic mass is 16.3. The summed E-state index contributed by atoms with van der Waals surface area (Å²) in [5.74, 6) is 0.738. The molecule has 0 bridgehead atoms. The van der Waals surface area contributed by atoms with Crippen molar-refractivity contribution < 1.29 is 4.42 Å². The van der Waals surface area contributed by atoms with Crippen LogP contribution in [0, 0.1) is 13.8 Å². The highest BCUT2D eigenvalue weighted by Crippen LogP contribution is 2.21. The molecule has 0 saturated carbocycles. The number of hydrogen-bond donors (Lipinski definition) is 1. The Morgan fingerprint density at radius 1 is 1.28 bits per heavy atom. The SMILES string of the molecule is Cc1ccc2oc(C)c(-c3nn[nH]n3)c(=O)c2c1. The molecule has 3 aromatic rings. The lowest BCUT2D eigenvalue weighted by molar-refractivity contribution is 0.566. The topological polar surface area (TPSA) is 84.7 Å². The molecule has 2 aromatic heterocycles. The van der Waals surface area contributed by atoms with E-state index < -0.39 is 0 Å². The van der Waals surface area contributed by atoms with Crippen molar-refractivity contribution in [2.24, 2.45) is 0 Å². The quantitative estimate of drug-likeness (QED) is 0.700. The second-order valence-electron chi connectivity index (χ2n) is 4.10. The highest BCUT2D eigenvalue weighted by molar-refractivity contribution is 5.81. The number of aromatic amines is 1. The first kappa shape index (κ1) is 10.6. The van der Waals surface area contributed by atoms with E-state index in [0.717, 1.165) is 5.56 Å². The van der Waals surface area contributed by atoms with Crippen LogP contribution in [0.15, 0.2) is 27.4 Å². The summed E-state index contributed by atoms with van der Waals surface area (Å²) >= 11 is 0. The van der Waals surface area contributed by atoms with Crippen molar-refractivity contribution in [3.05, 3.63) is 39.7 Å². The van der Waals surface area contributed by atoms with E-state index in [2.05, 4.69) is 20.6 Å². The van der Waals surface area contributed by atoms with E-state index in [1.54, 1.807) is 19.1 Å². The summed E-state index contributed by atoms with van der Waals surface area (Å²) in [7, 11) is 0. The van der Waals surface area contributed by atoms with Crippen molar-refractivity contribution in [1.29, 1.82) is 0 Å². The number of hydrogen-bond acceptors (Lipinski definition) is 5. The van der Waals surface area contributed by atoms with Crippen molar-refractivity contribution in [1.82, 2.24) is 20.6 Å². The smallest absolute Gasteiger partial charge is 0.212 e. The van der Waals surface area contributed by atoms with E-state index >= 15 is 0 Å². The van der Waals surface area contributed by atoms with Gasteiger partial charge < -0.3 is 4.42 Å². The van der Waals surface area contributed by atoms with E-state index in [4.69, 9.17) is 4.42 Å². The van der Waals surface area contributed by atoms with Gasteiger partial charge in [-0.15, -0.1) is 10.2 Å². The fraction of sp³-hybridized carbons (Fsp3) is 0.167. The Hall–Kier alpha value is -2.50. The van der Waals surface area contributed by atoms with Crippen LogP contribution in [0.5, 0.6) is 0 Å². The molecule has 0 aliphatic carbocycles. The zero-order valence-electron chi connectivity index (χ0n) is 9.89. The van der Waals surface area contributed by atoms with Crippen molar-refractivity contribution in [2.45, 2.75) is 13.8 Å². The van der Waals surface area contributed by atoms with Crippen LogP contribution in [0.3, 0.4) is 0 Å². The Bertz CT molecular complexity index is 775. The van der Waals surface area contributed by atoms with Gasteiger partial charge in [-0.1, -0.05) is 11.6 Å². The van der Waals surface area contributed by atoms with Gasteiger partial charge >= 0.3 is 0 Å². The van der Waals surface area contributed by atoms with Gasteiger partial charge in [0.1, 0.15) is 16.9 Å². The summed E-state index contributed by atoms with van der Waals surface area (Å²) in [5.41, 5.74) is 1.77. The van der Waals surface area contributed by atoms with Gasteiger partial charge in [-0.2, -0.15) is 5.21 Å². The Morgan fingerprint density at radius 2 is 2.11 bits per heavy atom. The van der Waals surface area contributed by atoms with Crippen LogP contribution >= 0.6 is 0 Å². The molecule has 0 amide bonds. The number of tetrazole rings is 1. The minimum Gasteiger partial charge on any atom is -0.460 e. The van der Waals surface area contributed by atoms with Crippen molar-refractivity contribution in [3.63, 3.8) is 0 Å². The molecule has 6 nitrogen and oxygen atoms in total. The predicted octanol–water partition coefficient (Wildman–Crippen LogP) is 1.59. The zero-order valence-corrected chi connectivity index (χ0v) is 9.89. The van der Waals surface area contributed by atoms with Crippen LogP contribution in [0.25, 0.3) is 22.4 Å². The average Bonchev–Trinajstić information content (AvgIpc) is 2.84. The molecule has 0 aliphatic heterocycles. The van der Waals surface area contributed by atoms with Crippen LogP contribution in [-0.4, -0.2) is 20.6 Å². The Morgan fingerprint density at radius 3 is 2.83 bits per heavy atom. The minimum atomic E-state index is -0.140. The summed E-state index contributed by atoms with van der Waals surface area (Å²) < 4.78 is 5.63. The molecule has 90 valence electrons. The van der Waals surface area contributed by atoms with Crippen LogP contribution in [0.4, 0.5) is 0 Å². The van der Waals surface area contributed by atoms with Crippen molar-refractivity contribution in [3.8, 4) is 11.4 Å². The maximum atomic E-state index is 12.4. The van der Waals surface area contributed by atoms with Crippen molar-refractivity contribution in [2.75, 3.05) is 0 Å². The molecule has 1 N–H and O–H groups in total. The van der Waals surface area contributed by atoms with Gasteiger partial charge in [0.05, 0.1) is 5.39 Å². The number of fused-ring (bicyclic) bond motifs is 1. The normalized spacial score (nSPS) is 11.0. The molecular formula is C12H10N4O2. The molecule has 0 unspecified atom stereocenters. The number of H-pyrrole nitrogens is 1. The first-order valence-corrected chi connectivity index (χ1v) is 5.44. The van der Waals surface area contributed by atoms with Crippen LogP contribution < -0.4 is 5.43 Å². The fourth-order valence-electron chi connectivity index (χ4n) is 1.95. The monoisotopic (exact) mass is 242 g/mol. The van der Waals surface area contributed by atoms with Gasteiger partial charge in [-0.3, -0.25) is 4.79 Å². The number of aryl methyl sites for hydroxylation is 2. The summed E-state index contributed by atoms with van der Waals surface area (Å²) in [6.07, 6.45) is 0. The predicted molar refractivity (Wildman–Crippen MR) is 65.1 cm³/mol. The Balaban J connectivity index is 2.43. The first-order chi connectivity index (χ1) is 8.66. The van der Waals surface area contributed by atoms with E-state index in [-0.39, 0.29) is 11.3 Å². The van der Waals surface area contributed by atoms with Crippen LogP contribution in [-0.2, 0) is 0 Å². The standard InChI is InChI=1S/C12H10N4O2/c1-6-3-4-9-8(5-6)11(17)10(7(2)18-9)12-13-15-16-14-12/h3-5H,1-2H3,(H,13,14,15,16). The molecule has 0 fully saturated rings. The summed E-state index contributed by atoms with van der Waals surface area (Å²) in [6.45, 7) is 3.64. The summed E-state index contributed by atoms with van der Waals surface area (Å²) in [5, 5.41) is 14.0. The third kappa shape index (κ3) is 1.50. The van der Waals surface area contributed by atoms with Gasteiger partial charge in [0.25, 0.3) is 0 Å². The molecule has 0 radical (unpaired) electrons. The molecule has 0 aliphatic rings. The maximum Gasteiger partial charge on any atom is 0.212 e. The van der Waals surface area contributed by atoms with E-state index in [9.17, 15) is 4.79 Å². The molecule has 0 saturated heterocycles. The lowest BCUT2D eigenvalue weighted by Crippen LogP contribution is -2.08. The second-order valence-corrected chi connectivity index (χ2v) is 4.10. The Labute approximate surface area is 102 Å². The largest absolute Gasteiger partial charge is 0.460 e. The maximum absolute atomic E-state index is 12.4. The van der Waals surface area contributed by atoms with Gasteiger partial charge in [0.2, 0.25) is 11.3 Å². The number of nitrogens with one attached hydrogen (secondary N) is 1. The lowest BCUT2D eigenvalue weighted by atomic mass is 10.1. The molecule has 18 heavy (non-hydrogen) atoms. The van der Waals surface area contributed by atoms with Gasteiger partial charge in [0.15, 0.2) is 0 Å². The molecule has 1 aromatic carbocycles. The van der Waals surface area contributed by atoms with Crippen LogP contribution in [0.2, 0.25) is 0 Å². The minimum absolute atomic E-state index is 0.140. The van der Waals surface area contributed by atoms with Gasteiger partial charge in [0, 0.05) is 0 Å². The van der Waals surface area contributed by atoms with E-state index in [1.165, 1.54) is 0 Å². The van der Waals surface area contributed by atoms with E-state index in [1.807, 2.05) is 13.0 Å². The lowest BCUT2D eigenvalue weighted by Gasteiger charge is -2.03. The van der Waals surface area contributed by atoms with Gasteiger partial charge in [-0.25, -0.2) is 0 Å². The number of aromatic nitrogens is 4. The first-order valence-electron chi connectivity index (χ1n) is 5.44. The number of rotatable bonds is 1. The molecule has 2 heterocycles. The van der Waals surface area contributed by atoms with E-state index in [0.29, 0.717) is 22.3 Å². The van der Waals surface area contributed by atoms with Gasteiger partial charge in [-0.05, 0) is 31.2 Å². The summed E-state index contributed by atoms with van der Waals surface area (Å²) in [4.78, 5) is 12.4. The zero-order chi connectivity index (χ0) is 12.7. The second kappa shape index (κ2) is 3.76. The number of nitrogens with zero attached hydrogens (tertiary/aromatic N) is 3. The molecule has 3 rings (SSSR count). The van der Waals surface area contributed by atoms with Crippen LogP contribution in [0.1, 0.15) is 11.3 Å². The Kier molecular flexibility index (Phi) is 2.22. The molecular weight excluding hydrogens is 232 g/mol. The third-order valence-electron chi connectivity index (χ3n) is 2.79. The molecule has 0 atom stereocenters. The number of benzene rings is 1. The summed E-state index contributed by atoms with van der Waals surface area (Å²) in [6, 6.07) is 5.49. The average molecular weight is 242 g/mol. The molecule has 0 spiro atoms. The molecule has 6 heteroatoms.